The third-order valence-electron chi connectivity index (χ3n) is 4.59. The molecule has 0 bridgehead atoms. The van der Waals surface area contributed by atoms with Crippen LogP contribution in [0.1, 0.15) is 48.2 Å². The molecule has 1 aliphatic heterocycles. The van der Waals surface area contributed by atoms with E-state index in [1.54, 1.807) is 17.8 Å². The number of carbonyl (C=O) groups excluding carboxylic acids is 1. The fraction of sp³-hybridized carbons (Fsp3) is 0.500. The van der Waals surface area contributed by atoms with Crippen LogP contribution in [0.15, 0.2) is 12.4 Å². The number of nitrogens with zero attached hydrogens (tertiary/aromatic N) is 4. The summed E-state index contributed by atoms with van der Waals surface area (Å²) in [5.74, 6) is -0.166. The number of alkyl halides is 3. The van der Waals surface area contributed by atoms with E-state index in [1.807, 2.05) is 0 Å². The second-order valence-electron chi connectivity index (χ2n) is 6.59. The minimum Gasteiger partial charge on any atom is -0.354 e. The van der Waals surface area contributed by atoms with E-state index in [0.29, 0.717) is 37.2 Å². The fourth-order valence-electron chi connectivity index (χ4n) is 3.06. The summed E-state index contributed by atoms with van der Waals surface area (Å²) in [5.41, 5.74) is 0.434. The SMILES string of the molecule is Cc1nn([C@@H]2CCNC2=O)cc1Nc1ncc(C(F)(F)F)c(C2CC2)n1. The number of anilines is 2. The molecular formula is C16H17F3N6O. The molecule has 3 heterocycles. The number of halogens is 3. The lowest BCUT2D eigenvalue weighted by molar-refractivity contribution is -0.138. The zero-order valence-electron chi connectivity index (χ0n) is 14.0. The van der Waals surface area contributed by atoms with Gasteiger partial charge in [-0.15, -0.1) is 0 Å². The topological polar surface area (TPSA) is 84.7 Å². The lowest BCUT2D eigenvalue weighted by Crippen LogP contribution is -2.22. The zero-order chi connectivity index (χ0) is 18.5. The van der Waals surface area contributed by atoms with Crippen molar-refractivity contribution in [2.45, 2.75) is 44.3 Å². The standard InChI is InChI=1S/C16H17F3N6O/c1-8-11(7-25(24-8)12-4-5-20-14(12)26)22-15-21-6-10(16(17,18)19)13(23-15)9-2-3-9/h6-7,9,12H,2-5H2,1H3,(H,20,26)(H,21,22,23)/t12-/m1/s1. The lowest BCUT2D eigenvalue weighted by atomic mass is 10.1. The summed E-state index contributed by atoms with van der Waals surface area (Å²) in [6.45, 7) is 2.34. The van der Waals surface area contributed by atoms with Crippen molar-refractivity contribution >= 4 is 17.5 Å². The molecule has 7 nitrogen and oxygen atoms in total. The second-order valence-corrected chi connectivity index (χ2v) is 6.59. The molecule has 2 aromatic rings. The van der Waals surface area contributed by atoms with Crippen LogP contribution in [0.2, 0.25) is 0 Å². The molecule has 2 N–H and O–H groups in total. The van der Waals surface area contributed by atoms with Crippen molar-refractivity contribution in [2.75, 3.05) is 11.9 Å². The summed E-state index contributed by atoms with van der Waals surface area (Å²) >= 11 is 0. The Morgan fingerprint density at radius 2 is 2.08 bits per heavy atom. The Balaban J connectivity index is 1.61. The fourth-order valence-corrected chi connectivity index (χ4v) is 3.06. The Bertz CT molecular complexity index is 858. The van der Waals surface area contributed by atoms with E-state index in [9.17, 15) is 18.0 Å². The predicted octanol–water partition coefficient (Wildman–Crippen LogP) is 2.68. The molecule has 2 aromatic heterocycles. The first-order valence-corrected chi connectivity index (χ1v) is 8.37. The Hall–Kier alpha value is -2.65. The van der Waals surface area contributed by atoms with Gasteiger partial charge in [0.25, 0.3) is 0 Å². The molecule has 1 saturated heterocycles. The van der Waals surface area contributed by atoms with E-state index in [-0.39, 0.29) is 29.5 Å². The van der Waals surface area contributed by atoms with Gasteiger partial charge in [-0.1, -0.05) is 0 Å². The number of carbonyl (C=O) groups is 1. The summed E-state index contributed by atoms with van der Waals surface area (Å²) < 4.78 is 40.9. The number of rotatable bonds is 4. The molecule has 138 valence electrons. The van der Waals surface area contributed by atoms with Crippen molar-refractivity contribution in [3.05, 3.63) is 29.3 Å². The smallest absolute Gasteiger partial charge is 0.354 e. The maximum Gasteiger partial charge on any atom is 0.419 e. The highest BCUT2D eigenvalue weighted by molar-refractivity contribution is 5.82. The Morgan fingerprint density at radius 3 is 2.69 bits per heavy atom. The van der Waals surface area contributed by atoms with E-state index in [1.165, 1.54) is 0 Å². The summed E-state index contributed by atoms with van der Waals surface area (Å²) in [6, 6.07) is -0.375. The molecule has 2 aliphatic rings. The number of aromatic nitrogens is 4. The molecule has 26 heavy (non-hydrogen) atoms. The van der Waals surface area contributed by atoms with Crippen LogP contribution in [-0.4, -0.2) is 32.2 Å². The van der Waals surface area contributed by atoms with Gasteiger partial charge in [-0.05, 0) is 26.2 Å². The van der Waals surface area contributed by atoms with Gasteiger partial charge in [0.1, 0.15) is 6.04 Å². The number of amides is 1. The molecule has 1 atom stereocenters. The number of hydrogen-bond acceptors (Lipinski definition) is 5. The van der Waals surface area contributed by atoms with Gasteiger partial charge < -0.3 is 10.6 Å². The molecule has 0 unspecified atom stereocenters. The van der Waals surface area contributed by atoms with E-state index < -0.39 is 11.7 Å². The number of nitrogens with one attached hydrogen (secondary N) is 2. The van der Waals surface area contributed by atoms with Crippen LogP contribution in [0, 0.1) is 6.92 Å². The van der Waals surface area contributed by atoms with Crippen LogP contribution in [0.25, 0.3) is 0 Å². The van der Waals surface area contributed by atoms with Gasteiger partial charge in [-0.3, -0.25) is 9.48 Å². The highest BCUT2D eigenvalue weighted by atomic mass is 19.4. The average Bonchev–Trinajstić information content (AvgIpc) is 3.24. The van der Waals surface area contributed by atoms with Crippen molar-refractivity contribution in [2.24, 2.45) is 0 Å². The van der Waals surface area contributed by atoms with Crippen LogP contribution in [0.5, 0.6) is 0 Å². The molecule has 0 aromatic carbocycles. The monoisotopic (exact) mass is 366 g/mol. The van der Waals surface area contributed by atoms with Gasteiger partial charge in [0.05, 0.1) is 22.6 Å². The van der Waals surface area contributed by atoms with Crippen molar-refractivity contribution in [1.29, 1.82) is 0 Å². The van der Waals surface area contributed by atoms with E-state index in [4.69, 9.17) is 0 Å². The van der Waals surface area contributed by atoms with Crippen LogP contribution in [0.3, 0.4) is 0 Å². The molecule has 2 fully saturated rings. The summed E-state index contributed by atoms with van der Waals surface area (Å²) in [5, 5.41) is 9.99. The summed E-state index contributed by atoms with van der Waals surface area (Å²) in [4.78, 5) is 19.7. The van der Waals surface area contributed by atoms with Gasteiger partial charge in [0.2, 0.25) is 11.9 Å². The van der Waals surface area contributed by atoms with Gasteiger partial charge in [0.15, 0.2) is 0 Å². The molecule has 4 rings (SSSR count). The predicted molar refractivity (Wildman–Crippen MR) is 85.9 cm³/mol. The summed E-state index contributed by atoms with van der Waals surface area (Å²) in [6.07, 6.45) is 0.0611. The molecule has 1 aliphatic carbocycles. The summed E-state index contributed by atoms with van der Waals surface area (Å²) in [7, 11) is 0. The minimum atomic E-state index is -4.47. The average molecular weight is 366 g/mol. The highest BCUT2D eigenvalue weighted by Crippen LogP contribution is 2.45. The molecule has 1 amide bonds. The molecule has 0 radical (unpaired) electrons. The van der Waals surface area contributed by atoms with Gasteiger partial charge in [-0.2, -0.15) is 18.3 Å². The number of aryl methyl sites for hydroxylation is 1. The van der Waals surface area contributed by atoms with Crippen molar-refractivity contribution < 1.29 is 18.0 Å². The van der Waals surface area contributed by atoms with Crippen LogP contribution in [-0.2, 0) is 11.0 Å². The first-order valence-electron chi connectivity index (χ1n) is 8.37. The van der Waals surface area contributed by atoms with E-state index >= 15 is 0 Å². The third-order valence-corrected chi connectivity index (χ3v) is 4.59. The minimum absolute atomic E-state index is 0.0372. The first-order chi connectivity index (χ1) is 12.3. The lowest BCUT2D eigenvalue weighted by Gasteiger charge is -2.12. The Labute approximate surface area is 147 Å². The zero-order valence-corrected chi connectivity index (χ0v) is 14.0. The Kier molecular flexibility index (Phi) is 3.85. The van der Waals surface area contributed by atoms with E-state index in [2.05, 4.69) is 25.7 Å². The maximum atomic E-state index is 13.1. The van der Waals surface area contributed by atoms with Crippen molar-refractivity contribution in [3.63, 3.8) is 0 Å². The second kappa shape index (κ2) is 5.96. The highest BCUT2D eigenvalue weighted by Gasteiger charge is 2.40. The van der Waals surface area contributed by atoms with Gasteiger partial charge in [0, 0.05) is 24.9 Å². The molecule has 1 saturated carbocycles. The normalized spacial score (nSPS) is 20.3. The largest absolute Gasteiger partial charge is 0.419 e. The van der Waals surface area contributed by atoms with Crippen molar-refractivity contribution in [1.82, 2.24) is 25.1 Å². The molecule has 10 heteroatoms. The van der Waals surface area contributed by atoms with Crippen molar-refractivity contribution in [3.8, 4) is 0 Å². The molecule has 0 spiro atoms. The molecular weight excluding hydrogens is 349 g/mol. The first kappa shape index (κ1) is 16.8. The third kappa shape index (κ3) is 3.11. The van der Waals surface area contributed by atoms with Crippen LogP contribution < -0.4 is 10.6 Å². The maximum absolute atomic E-state index is 13.1. The quantitative estimate of drug-likeness (QED) is 0.869. The van der Waals surface area contributed by atoms with E-state index in [0.717, 1.165) is 6.20 Å². The Morgan fingerprint density at radius 1 is 1.31 bits per heavy atom. The van der Waals surface area contributed by atoms with Crippen LogP contribution >= 0.6 is 0 Å². The van der Waals surface area contributed by atoms with Gasteiger partial charge >= 0.3 is 6.18 Å². The van der Waals surface area contributed by atoms with Gasteiger partial charge in [-0.25, -0.2) is 9.97 Å². The van der Waals surface area contributed by atoms with Crippen LogP contribution in [0.4, 0.5) is 24.8 Å². The number of hydrogen-bond donors (Lipinski definition) is 2.